The van der Waals surface area contributed by atoms with Crippen LogP contribution in [0.4, 0.5) is 5.82 Å². The number of anilines is 1. The molecule has 1 aliphatic rings. The second kappa shape index (κ2) is 7.76. The summed E-state index contributed by atoms with van der Waals surface area (Å²) in [4.78, 5) is 15.3. The summed E-state index contributed by atoms with van der Waals surface area (Å²) in [5.74, 6) is 0.257. The number of nitrogens with one attached hydrogen (secondary N) is 2. The third-order valence-electron chi connectivity index (χ3n) is 3.73. The Hall–Kier alpha value is -2.37. The lowest BCUT2D eigenvalue weighted by molar-refractivity contribution is -0.124. The normalized spacial score (nSPS) is 13.4. The number of amides is 1. The fourth-order valence-corrected chi connectivity index (χ4v) is 2.67. The number of hydrogen-bond acceptors (Lipinski definition) is 4. The molecule has 3 N–H and O–H groups in total. The molecule has 1 amide bonds. The molecule has 0 saturated heterocycles. The summed E-state index contributed by atoms with van der Waals surface area (Å²) in [5, 5.41) is 11.9. The molecular weight excluding hydrogens is 314 g/mol. The number of carbonyl (C=O) groups excluding carboxylic acids is 1. The summed E-state index contributed by atoms with van der Waals surface area (Å²) in [6, 6.07) is 12.6. The smallest absolute Gasteiger partial charge is 0.267 e. The molecule has 6 heteroatoms. The van der Waals surface area contributed by atoms with Crippen LogP contribution in [0.15, 0.2) is 48.7 Å². The van der Waals surface area contributed by atoms with Gasteiger partial charge in [0, 0.05) is 18.3 Å². The molecule has 1 heterocycles. The zero-order valence-electron chi connectivity index (χ0n) is 12.4. The van der Waals surface area contributed by atoms with E-state index in [1.165, 1.54) is 17.2 Å². The van der Waals surface area contributed by atoms with Gasteiger partial charge < -0.3 is 5.32 Å². The van der Waals surface area contributed by atoms with E-state index >= 15 is 0 Å². The third-order valence-corrected chi connectivity index (χ3v) is 3.73. The Morgan fingerprint density at radius 3 is 2.43 bits per heavy atom. The topological polar surface area (TPSA) is 74.2 Å². The Morgan fingerprint density at radius 1 is 1.17 bits per heavy atom. The van der Waals surface area contributed by atoms with Crippen LogP contribution in [0.25, 0.3) is 6.08 Å². The van der Waals surface area contributed by atoms with E-state index in [1.54, 1.807) is 17.8 Å². The molecule has 0 bridgehead atoms. The number of aromatic nitrogens is 1. The first-order chi connectivity index (χ1) is 10.7. The Morgan fingerprint density at radius 2 is 1.87 bits per heavy atom. The Bertz CT molecular complexity index is 676. The molecule has 0 spiro atoms. The van der Waals surface area contributed by atoms with E-state index in [4.69, 9.17) is 5.21 Å². The Labute approximate surface area is 140 Å². The summed E-state index contributed by atoms with van der Waals surface area (Å²) < 4.78 is 0. The van der Waals surface area contributed by atoms with E-state index in [0.29, 0.717) is 6.04 Å². The standard InChI is InChI=1S/C17H17N3O2.ClH/c21-17(20-22)8-6-12-5-7-16(18-11-12)19-15-9-13-3-1-2-4-14(13)10-15;/h1-8,11,15,22H,9-10H2,(H,18,19)(H,20,21);1H/b8-6+;. The van der Waals surface area contributed by atoms with Crippen molar-refractivity contribution in [3.05, 3.63) is 65.4 Å². The van der Waals surface area contributed by atoms with E-state index in [9.17, 15) is 4.79 Å². The maximum Gasteiger partial charge on any atom is 0.267 e. The number of hydroxylamine groups is 1. The minimum Gasteiger partial charge on any atom is -0.367 e. The lowest BCUT2D eigenvalue weighted by atomic mass is 10.1. The van der Waals surface area contributed by atoms with Gasteiger partial charge in [-0.2, -0.15) is 0 Å². The molecule has 0 saturated carbocycles. The van der Waals surface area contributed by atoms with Crippen molar-refractivity contribution < 1.29 is 10.0 Å². The zero-order valence-corrected chi connectivity index (χ0v) is 13.2. The van der Waals surface area contributed by atoms with E-state index in [-0.39, 0.29) is 12.4 Å². The molecule has 0 aliphatic heterocycles. The van der Waals surface area contributed by atoms with Gasteiger partial charge in [0.05, 0.1) is 0 Å². The summed E-state index contributed by atoms with van der Waals surface area (Å²) >= 11 is 0. The van der Waals surface area contributed by atoms with Gasteiger partial charge in [-0.1, -0.05) is 24.3 Å². The highest BCUT2D eigenvalue weighted by molar-refractivity contribution is 5.90. The van der Waals surface area contributed by atoms with E-state index in [0.717, 1.165) is 24.2 Å². The number of rotatable bonds is 4. The van der Waals surface area contributed by atoms with Crippen molar-refractivity contribution in [2.24, 2.45) is 0 Å². The van der Waals surface area contributed by atoms with Crippen molar-refractivity contribution in [1.82, 2.24) is 10.5 Å². The molecule has 0 fully saturated rings. The van der Waals surface area contributed by atoms with Crippen LogP contribution in [0.2, 0.25) is 0 Å². The van der Waals surface area contributed by atoms with E-state index in [1.807, 2.05) is 12.1 Å². The minimum atomic E-state index is -0.564. The van der Waals surface area contributed by atoms with Crippen molar-refractivity contribution in [3.8, 4) is 0 Å². The highest BCUT2D eigenvalue weighted by Gasteiger charge is 2.20. The number of fused-ring (bicyclic) bond motifs is 1. The first kappa shape index (κ1) is 17.0. The molecule has 2 aromatic rings. The van der Waals surface area contributed by atoms with Crippen LogP contribution < -0.4 is 10.8 Å². The summed E-state index contributed by atoms with van der Waals surface area (Å²) in [5.41, 5.74) is 5.14. The lowest BCUT2D eigenvalue weighted by Gasteiger charge is -2.12. The van der Waals surface area contributed by atoms with Gasteiger partial charge in [0.2, 0.25) is 0 Å². The molecule has 1 aromatic carbocycles. The quantitative estimate of drug-likeness (QED) is 0.457. The molecule has 1 aliphatic carbocycles. The minimum absolute atomic E-state index is 0. The fraction of sp³-hybridized carbons (Fsp3) is 0.176. The predicted molar refractivity (Wildman–Crippen MR) is 91.7 cm³/mol. The average Bonchev–Trinajstić information content (AvgIpc) is 2.96. The molecule has 1 aromatic heterocycles. The van der Waals surface area contributed by atoms with Crippen molar-refractivity contribution in [2.75, 3.05) is 5.32 Å². The number of carbonyl (C=O) groups is 1. The number of benzene rings is 1. The number of halogens is 1. The van der Waals surface area contributed by atoms with Gasteiger partial charge in [-0.3, -0.25) is 10.0 Å². The first-order valence-corrected chi connectivity index (χ1v) is 7.16. The van der Waals surface area contributed by atoms with Crippen LogP contribution in [0.3, 0.4) is 0 Å². The van der Waals surface area contributed by atoms with Gasteiger partial charge >= 0.3 is 0 Å². The Kier molecular flexibility index (Phi) is 5.73. The van der Waals surface area contributed by atoms with Crippen LogP contribution in [0, 0.1) is 0 Å². The third kappa shape index (κ3) is 4.31. The molecule has 5 nitrogen and oxygen atoms in total. The van der Waals surface area contributed by atoms with Crippen molar-refractivity contribution in [1.29, 1.82) is 0 Å². The lowest BCUT2D eigenvalue weighted by Crippen LogP contribution is -2.20. The summed E-state index contributed by atoms with van der Waals surface area (Å²) in [6.07, 6.45) is 6.55. The van der Waals surface area contributed by atoms with E-state index in [2.05, 4.69) is 34.6 Å². The zero-order chi connectivity index (χ0) is 15.4. The molecule has 120 valence electrons. The second-order valence-corrected chi connectivity index (χ2v) is 5.30. The predicted octanol–water partition coefficient (Wildman–Crippen LogP) is 2.60. The molecule has 0 atom stereocenters. The van der Waals surface area contributed by atoms with Crippen molar-refractivity contribution in [2.45, 2.75) is 18.9 Å². The number of nitrogens with zero attached hydrogens (tertiary/aromatic N) is 1. The molecule has 3 rings (SSSR count). The maximum absolute atomic E-state index is 10.9. The van der Waals surface area contributed by atoms with Gasteiger partial charge in [-0.15, -0.1) is 12.4 Å². The highest BCUT2D eigenvalue weighted by atomic mass is 35.5. The second-order valence-electron chi connectivity index (χ2n) is 5.30. The molecule has 0 radical (unpaired) electrons. The summed E-state index contributed by atoms with van der Waals surface area (Å²) in [7, 11) is 0. The maximum atomic E-state index is 10.9. The first-order valence-electron chi connectivity index (χ1n) is 7.16. The van der Waals surface area contributed by atoms with Gasteiger partial charge in [0.1, 0.15) is 5.82 Å². The van der Waals surface area contributed by atoms with Crippen molar-refractivity contribution in [3.63, 3.8) is 0 Å². The van der Waals surface area contributed by atoms with Crippen LogP contribution in [0.1, 0.15) is 16.7 Å². The van der Waals surface area contributed by atoms with E-state index < -0.39 is 5.91 Å². The molecular formula is C17H18ClN3O2. The van der Waals surface area contributed by atoms with Crippen molar-refractivity contribution >= 4 is 30.2 Å². The van der Waals surface area contributed by atoms with Gasteiger partial charge in [0.25, 0.3) is 5.91 Å². The van der Waals surface area contributed by atoms with Crippen LogP contribution in [-0.2, 0) is 17.6 Å². The fourth-order valence-electron chi connectivity index (χ4n) is 2.67. The van der Waals surface area contributed by atoms with Crippen LogP contribution in [-0.4, -0.2) is 22.1 Å². The number of hydrogen-bond donors (Lipinski definition) is 3. The summed E-state index contributed by atoms with van der Waals surface area (Å²) in [6.45, 7) is 0. The average molecular weight is 332 g/mol. The van der Waals surface area contributed by atoms with Crippen LogP contribution in [0.5, 0.6) is 0 Å². The largest absolute Gasteiger partial charge is 0.367 e. The van der Waals surface area contributed by atoms with Gasteiger partial charge in [-0.05, 0) is 47.7 Å². The highest BCUT2D eigenvalue weighted by Crippen LogP contribution is 2.23. The Balaban J connectivity index is 0.00000192. The number of pyridine rings is 1. The van der Waals surface area contributed by atoms with Gasteiger partial charge in [-0.25, -0.2) is 10.5 Å². The molecule has 0 unspecified atom stereocenters. The van der Waals surface area contributed by atoms with Gasteiger partial charge in [0.15, 0.2) is 0 Å². The SMILES string of the molecule is Cl.O=C(/C=C/c1ccc(NC2Cc3ccccc3C2)nc1)NO. The van der Waals surface area contributed by atoms with Crippen LogP contribution >= 0.6 is 12.4 Å². The monoisotopic (exact) mass is 331 g/mol. The molecule has 23 heavy (non-hydrogen) atoms.